The van der Waals surface area contributed by atoms with Crippen molar-refractivity contribution in [2.24, 2.45) is 0 Å². The number of hydrogen-bond donors (Lipinski definition) is 2. The number of anilines is 2. The zero-order chi connectivity index (χ0) is 20.8. The third kappa shape index (κ3) is 4.98. The van der Waals surface area contributed by atoms with Crippen molar-refractivity contribution in [3.05, 3.63) is 65.0 Å². The first kappa shape index (κ1) is 21.4. The van der Waals surface area contributed by atoms with Gasteiger partial charge in [0.05, 0.1) is 12.3 Å². The number of para-hydroxylation sites is 1. The fourth-order valence-corrected chi connectivity index (χ4v) is 4.89. The first-order valence-electron chi connectivity index (χ1n) is 9.12. The average Bonchev–Trinajstić information content (AvgIpc) is 3.04. The molecule has 0 fully saturated rings. The predicted molar refractivity (Wildman–Crippen MR) is 129 cm³/mol. The minimum absolute atomic E-state index is 0.311. The van der Waals surface area contributed by atoms with Crippen molar-refractivity contribution in [1.29, 1.82) is 0 Å². The van der Waals surface area contributed by atoms with Crippen LogP contribution in [0.3, 0.4) is 0 Å². The summed E-state index contributed by atoms with van der Waals surface area (Å²) < 4.78 is 5.34. The van der Waals surface area contributed by atoms with Crippen LogP contribution in [0.25, 0.3) is 11.1 Å². The minimum Gasteiger partial charge on any atom is -0.462 e. The molecule has 29 heavy (non-hydrogen) atoms. The van der Waals surface area contributed by atoms with Gasteiger partial charge in [0.25, 0.3) is 0 Å². The number of nitrogens with one attached hydrogen (secondary N) is 2. The molecule has 1 heterocycles. The lowest BCUT2D eigenvalue weighted by Crippen LogP contribution is -2.20. The van der Waals surface area contributed by atoms with Crippen LogP contribution in [0.1, 0.15) is 22.2 Å². The van der Waals surface area contributed by atoms with Crippen LogP contribution < -0.4 is 10.6 Å². The predicted octanol–water partition coefficient (Wildman–Crippen LogP) is 6.43. The van der Waals surface area contributed by atoms with Gasteiger partial charge in [-0.15, -0.1) is 23.1 Å². The van der Waals surface area contributed by atoms with Gasteiger partial charge in [0.2, 0.25) is 0 Å². The molecule has 0 unspecified atom stereocenters. The molecule has 3 aromatic rings. The van der Waals surface area contributed by atoms with Gasteiger partial charge in [0.15, 0.2) is 5.11 Å². The highest BCUT2D eigenvalue weighted by Crippen LogP contribution is 2.40. The number of aryl methyl sites for hydroxylation is 1. The van der Waals surface area contributed by atoms with E-state index in [9.17, 15) is 4.79 Å². The van der Waals surface area contributed by atoms with Gasteiger partial charge in [-0.05, 0) is 50.0 Å². The Morgan fingerprint density at radius 1 is 1.10 bits per heavy atom. The first-order valence-corrected chi connectivity index (χ1v) is 11.6. The number of esters is 1. The SMILES string of the molecule is CCOC(=O)c1c(NC(=S)Nc2ccccc2SC)sc(C)c1-c1ccccc1. The number of benzene rings is 2. The van der Waals surface area contributed by atoms with E-state index in [-0.39, 0.29) is 5.97 Å². The van der Waals surface area contributed by atoms with Crippen molar-refractivity contribution in [2.45, 2.75) is 18.7 Å². The maximum absolute atomic E-state index is 12.8. The summed E-state index contributed by atoms with van der Waals surface area (Å²) in [7, 11) is 0. The van der Waals surface area contributed by atoms with Gasteiger partial charge in [0.1, 0.15) is 10.6 Å². The summed E-state index contributed by atoms with van der Waals surface area (Å²) in [6.07, 6.45) is 2.02. The van der Waals surface area contributed by atoms with Crippen LogP contribution in [0.5, 0.6) is 0 Å². The molecular weight excluding hydrogens is 420 g/mol. The second-order valence-corrected chi connectivity index (χ2v) is 8.58. The van der Waals surface area contributed by atoms with E-state index in [1.165, 1.54) is 11.3 Å². The largest absolute Gasteiger partial charge is 0.462 e. The molecular formula is C22H22N2O2S3. The molecule has 0 radical (unpaired) electrons. The molecule has 150 valence electrons. The van der Waals surface area contributed by atoms with Gasteiger partial charge >= 0.3 is 5.97 Å². The van der Waals surface area contributed by atoms with E-state index < -0.39 is 0 Å². The highest BCUT2D eigenvalue weighted by molar-refractivity contribution is 7.98. The zero-order valence-electron chi connectivity index (χ0n) is 16.4. The summed E-state index contributed by atoms with van der Waals surface area (Å²) in [4.78, 5) is 14.9. The summed E-state index contributed by atoms with van der Waals surface area (Å²) in [5.74, 6) is -0.356. The van der Waals surface area contributed by atoms with E-state index in [0.717, 1.165) is 26.6 Å². The molecule has 0 aliphatic carbocycles. The Kier molecular flexibility index (Phi) is 7.30. The molecule has 4 nitrogen and oxygen atoms in total. The Labute approximate surface area is 184 Å². The van der Waals surface area contributed by atoms with E-state index in [2.05, 4.69) is 10.6 Å². The van der Waals surface area contributed by atoms with Crippen LogP contribution >= 0.6 is 35.3 Å². The molecule has 0 spiro atoms. The topological polar surface area (TPSA) is 50.4 Å². The number of ether oxygens (including phenoxy) is 1. The Hall–Kier alpha value is -2.35. The van der Waals surface area contributed by atoms with Gasteiger partial charge in [-0.25, -0.2) is 4.79 Å². The summed E-state index contributed by atoms with van der Waals surface area (Å²) in [5, 5.41) is 7.55. The normalized spacial score (nSPS) is 10.4. The van der Waals surface area contributed by atoms with Crippen LogP contribution in [-0.2, 0) is 4.74 Å². The van der Waals surface area contributed by atoms with Gasteiger partial charge in [-0.1, -0.05) is 42.5 Å². The van der Waals surface area contributed by atoms with Crippen molar-refractivity contribution in [2.75, 3.05) is 23.5 Å². The van der Waals surface area contributed by atoms with Gasteiger partial charge in [-0.3, -0.25) is 0 Å². The second-order valence-electron chi connectivity index (χ2n) is 6.10. The van der Waals surface area contributed by atoms with Crippen molar-refractivity contribution >= 4 is 57.1 Å². The van der Waals surface area contributed by atoms with Gasteiger partial charge in [0, 0.05) is 15.3 Å². The summed E-state index contributed by atoms with van der Waals surface area (Å²) in [6, 6.07) is 17.8. The minimum atomic E-state index is -0.356. The highest BCUT2D eigenvalue weighted by atomic mass is 32.2. The molecule has 2 N–H and O–H groups in total. The molecule has 0 aliphatic rings. The number of carbonyl (C=O) groups excluding carboxylic acids is 1. The average molecular weight is 443 g/mol. The Bertz CT molecular complexity index is 1020. The van der Waals surface area contributed by atoms with Crippen molar-refractivity contribution in [3.63, 3.8) is 0 Å². The fourth-order valence-electron chi connectivity index (χ4n) is 2.99. The number of thiocarbonyl (C=S) groups is 1. The number of rotatable bonds is 6. The maximum atomic E-state index is 12.8. The third-order valence-corrected chi connectivity index (χ3v) is 6.23. The van der Waals surface area contributed by atoms with Crippen molar-refractivity contribution in [1.82, 2.24) is 0 Å². The maximum Gasteiger partial charge on any atom is 0.341 e. The van der Waals surface area contributed by atoms with Crippen LogP contribution in [0, 0.1) is 6.92 Å². The molecule has 2 aromatic carbocycles. The molecule has 0 aliphatic heterocycles. The van der Waals surface area contributed by atoms with Crippen LogP contribution in [0.4, 0.5) is 10.7 Å². The lowest BCUT2D eigenvalue weighted by atomic mass is 10.0. The van der Waals surface area contributed by atoms with Crippen LogP contribution in [-0.4, -0.2) is 23.9 Å². The van der Waals surface area contributed by atoms with E-state index in [4.69, 9.17) is 17.0 Å². The van der Waals surface area contributed by atoms with Gasteiger partial charge < -0.3 is 15.4 Å². The van der Waals surface area contributed by atoms with Crippen LogP contribution in [0.2, 0.25) is 0 Å². The lowest BCUT2D eigenvalue weighted by molar-refractivity contribution is 0.0529. The Morgan fingerprint density at radius 2 is 1.79 bits per heavy atom. The van der Waals surface area contributed by atoms with E-state index in [1.54, 1.807) is 18.7 Å². The summed E-state index contributed by atoms with van der Waals surface area (Å²) >= 11 is 8.66. The molecule has 1 aromatic heterocycles. The van der Waals surface area contributed by atoms with E-state index in [0.29, 0.717) is 22.3 Å². The summed E-state index contributed by atoms with van der Waals surface area (Å²) in [5.41, 5.74) is 3.29. The molecule has 0 saturated carbocycles. The Balaban J connectivity index is 1.94. The number of hydrogen-bond acceptors (Lipinski definition) is 5. The molecule has 0 atom stereocenters. The molecule has 3 rings (SSSR count). The lowest BCUT2D eigenvalue weighted by Gasteiger charge is -2.13. The summed E-state index contributed by atoms with van der Waals surface area (Å²) in [6.45, 7) is 4.11. The molecule has 0 saturated heterocycles. The van der Waals surface area contributed by atoms with E-state index >= 15 is 0 Å². The molecule has 0 bridgehead atoms. The second kappa shape index (κ2) is 9.91. The first-order chi connectivity index (χ1) is 14.0. The standard InChI is InChI=1S/C22H22N2O2S3/c1-4-26-21(25)19-18(15-10-6-5-7-11-15)14(2)29-20(19)24-22(27)23-16-12-8-9-13-17(16)28-3/h5-13H,4H2,1-3H3,(H2,23,24,27). The fraction of sp³-hybridized carbons (Fsp3) is 0.182. The number of thioether (sulfide) groups is 1. The Morgan fingerprint density at radius 3 is 2.48 bits per heavy atom. The zero-order valence-corrected chi connectivity index (χ0v) is 18.9. The van der Waals surface area contributed by atoms with Gasteiger partial charge in [-0.2, -0.15) is 0 Å². The quantitative estimate of drug-likeness (QED) is 0.261. The van der Waals surface area contributed by atoms with E-state index in [1.807, 2.05) is 67.8 Å². The highest BCUT2D eigenvalue weighted by Gasteiger charge is 2.25. The number of thiophene rings is 1. The third-order valence-electron chi connectivity index (χ3n) is 4.21. The van der Waals surface area contributed by atoms with Crippen molar-refractivity contribution in [3.8, 4) is 11.1 Å². The molecule has 7 heteroatoms. The monoisotopic (exact) mass is 442 g/mol. The van der Waals surface area contributed by atoms with Crippen LogP contribution in [0.15, 0.2) is 59.5 Å². The smallest absolute Gasteiger partial charge is 0.341 e. The number of carbonyl (C=O) groups is 1. The van der Waals surface area contributed by atoms with Crippen molar-refractivity contribution < 1.29 is 9.53 Å². The molecule has 0 amide bonds.